The number of amides is 3. The van der Waals surface area contributed by atoms with Crippen LogP contribution < -0.4 is 19.5 Å². The van der Waals surface area contributed by atoms with E-state index in [4.69, 9.17) is 14.6 Å². The van der Waals surface area contributed by atoms with Gasteiger partial charge >= 0.3 is 0 Å². The zero-order valence-electron chi connectivity index (χ0n) is 20.2. The average molecular weight is 524 g/mol. The molecular formula is C26H25N3O7S. The van der Waals surface area contributed by atoms with Crippen molar-refractivity contribution in [1.82, 2.24) is 4.90 Å². The second-order valence-electron chi connectivity index (χ2n) is 8.31. The van der Waals surface area contributed by atoms with Gasteiger partial charge in [-0.25, -0.2) is 18.5 Å². The number of imide groups is 1. The molecule has 1 heterocycles. The van der Waals surface area contributed by atoms with Gasteiger partial charge in [-0.1, -0.05) is 30.3 Å². The van der Waals surface area contributed by atoms with Gasteiger partial charge in [0.1, 0.15) is 6.04 Å². The van der Waals surface area contributed by atoms with E-state index in [1.165, 1.54) is 49.5 Å². The van der Waals surface area contributed by atoms with E-state index in [2.05, 4.69) is 0 Å². The summed E-state index contributed by atoms with van der Waals surface area (Å²) in [5.41, 5.74) is 1.21. The fourth-order valence-corrected chi connectivity index (χ4v) is 4.67. The van der Waals surface area contributed by atoms with Crippen LogP contribution in [-0.2, 0) is 26.2 Å². The van der Waals surface area contributed by atoms with Gasteiger partial charge in [0.15, 0.2) is 11.5 Å². The number of anilines is 1. The van der Waals surface area contributed by atoms with E-state index in [0.717, 1.165) is 10.5 Å². The molecule has 3 aromatic rings. The van der Waals surface area contributed by atoms with Gasteiger partial charge in [-0.3, -0.25) is 14.4 Å². The van der Waals surface area contributed by atoms with Crippen LogP contribution in [0.25, 0.3) is 0 Å². The Morgan fingerprint density at radius 3 is 2.22 bits per heavy atom. The number of methoxy groups -OCH3 is 2. The number of carbonyl (C=O) groups excluding carboxylic acids is 3. The Labute approximate surface area is 214 Å². The molecule has 1 saturated heterocycles. The lowest BCUT2D eigenvalue weighted by molar-refractivity contribution is -0.122. The van der Waals surface area contributed by atoms with Gasteiger partial charge in [0, 0.05) is 12.1 Å². The van der Waals surface area contributed by atoms with E-state index in [0.29, 0.717) is 11.5 Å². The van der Waals surface area contributed by atoms with E-state index in [9.17, 15) is 22.8 Å². The zero-order chi connectivity index (χ0) is 26.7. The molecule has 0 aromatic heterocycles. The molecule has 1 aliphatic heterocycles. The molecule has 0 radical (unpaired) electrons. The molecule has 3 aromatic carbocycles. The minimum absolute atomic E-state index is 0.0793. The van der Waals surface area contributed by atoms with Gasteiger partial charge in [-0.15, -0.1) is 0 Å². The van der Waals surface area contributed by atoms with Crippen LogP contribution >= 0.6 is 0 Å². The van der Waals surface area contributed by atoms with E-state index in [1.54, 1.807) is 12.1 Å². The predicted molar refractivity (Wildman–Crippen MR) is 135 cm³/mol. The monoisotopic (exact) mass is 523 g/mol. The Balaban J connectivity index is 1.69. The van der Waals surface area contributed by atoms with Crippen LogP contribution in [0, 0.1) is 0 Å². The molecule has 0 bridgehead atoms. The first-order chi connectivity index (χ1) is 17.6. The number of sulfonamides is 1. The highest BCUT2D eigenvalue weighted by Gasteiger charge is 2.44. The molecule has 1 unspecified atom stereocenters. The van der Waals surface area contributed by atoms with E-state index in [1.807, 2.05) is 30.3 Å². The maximum absolute atomic E-state index is 13.7. The molecule has 0 saturated carbocycles. The normalized spacial score (nSPS) is 15.5. The van der Waals surface area contributed by atoms with Crippen molar-refractivity contribution in [2.24, 2.45) is 5.14 Å². The molecule has 1 aliphatic rings. The highest BCUT2D eigenvalue weighted by molar-refractivity contribution is 7.89. The molecule has 37 heavy (non-hydrogen) atoms. The fraction of sp³-hybridized carbons (Fsp3) is 0.192. The Hall–Kier alpha value is -4.22. The van der Waals surface area contributed by atoms with Crippen LogP contribution in [-0.4, -0.2) is 51.3 Å². The number of nitrogens with two attached hydrogens (primary N) is 1. The molecule has 10 nitrogen and oxygen atoms in total. The molecule has 1 atom stereocenters. The molecule has 3 amide bonds. The number of hydrogen-bond acceptors (Lipinski definition) is 7. The summed E-state index contributed by atoms with van der Waals surface area (Å²) in [6.45, 7) is 0.0793. The molecular weight excluding hydrogens is 498 g/mol. The lowest BCUT2D eigenvalue weighted by Crippen LogP contribution is -2.45. The summed E-state index contributed by atoms with van der Waals surface area (Å²) in [5.74, 6) is -0.801. The number of rotatable bonds is 8. The van der Waals surface area contributed by atoms with Gasteiger partial charge in [0.25, 0.3) is 11.8 Å². The molecule has 2 N–H and O–H groups in total. The topological polar surface area (TPSA) is 136 Å². The Kier molecular flexibility index (Phi) is 7.28. The lowest BCUT2D eigenvalue weighted by atomic mass is 10.1. The van der Waals surface area contributed by atoms with Gasteiger partial charge in [0.05, 0.1) is 31.2 Å². The average Bonchev–Trinajstić information content (AvgIpc) is 3.19. The fourth-order valence-electron chi connectivity index (χ4n) is 4.15. The van der Waals surface area contributed by atoms with Crippen molar-refractivity contribution in [2.75, 3.05) is 19.1 Å². The standard InChI is InChI=1S/C26H25N3O7S/c1-35-22-13-8-18(14-23(22)36-2)25(31)28(16-17-6-4-3-5-7-17)21-15-24(30)29(26(21)32)19-9-11-20(12-10-19)37(27,33)34/h3-14,21H,15-16H2,1-2H3,(H2,27,33,34). The quantitative estimate of drug-likeness (QED) is 0.448. The van der Waals surface area contributed by atoms with Crippen LogP contribution in [0.2, 0.25) is 0 Å². The van der Waals surface area contributed by atoms with Crippen molar-refractivity contribution in [3.63, 3.8) is 0 Å². The largest absolute Gasteiger partial charge is 0.493 e. The third-order valence-corrected chi connectivity index (χ3v) is 6.94. The van der Waals surface area contributed by atoms with Crippen LogP contribution in [0.3, 0.4) is 0 Å². The Morgan fingerprint density at radius 2 is 1.62 bits per heavy atom. The molecule has 1 fully saturated rings. The first kappa shape index (κ1) is 25.9. The van der Waals surface area contributed by atoms with Crippen molar-refractivity contribution in [3.05, 3.63) is 83.9 Å². The maximum atomic E-state index is 13.7. The summed E-state index contributed by atoms with van der Waals surface area (Å²) in [6, 6.07) is 17.8. The summed E-state index contributed by atoms with van der Waals surface area (Å²) in [7, 11) is -1.01. The first-order valence-electron chi connectivity index (χ1n) is 11.2. The second kappa shape index (κ2) is 10.4. The number of hydrogen-bond donors (Lipinski definition) is 1. The second-order valence-corrected chi connectivity index (χ2v) is 9.88. The summed E-state index contributed by atoms with van der Waals surface area (Å²) >= 11 is 0. The van der Waals surface area contributed by atoms with Crippen molar-refractivity contribution in [3.8, 4) is 11.5 Å². The molecule has 4 rings (SSSR count). The first-order valence-corrected chi connectivity index (χ1v) is 12.7. The predicted octanol–water partition coefficient (Wildman–Crippen LogP) is 2.33. The molecule has 0 aliphatic carbocycles. The van der Waals surface area contributed by atoms with Gasteiger partial charge < -0.3 is 14.4 Å². The van der Waals surface area contributed by atoms with Crippen molar-refractivity contribution >= 4 is 33.4 Å². The van der Waals surface area contributed by atoms with Gasteiger partial charge in [-0.05, 0) is 48.0 Å². The Morgan fingerprint density at radius 1 is 0.973 bits per heavy atom. The van der Waals surface area contributed by atoms with Crippen molar-refractivity contribution in [2.45, 2.75) is 23.9 Å². The van der Waals surface area contributed by atoms with E-state index < -0.39 is 33.8 Å². The summed E-state index contributed by atoms with van der Waals surface area (Å²) < 4.78 is 33.7. The van der Waals surface area contributed by atoms with Gasteiger partial charge in [-0.2, -0.15) is 0 Å². The maximum Gasteiger partial charge on any atom is 0.257 e. The smallest absolute Gasteiger partial charge is 0.257 e. The third-order valence-electron chi connectivity index (χ3n) is 6.01. The molecule has 11 heteroatoms. The van der Waals surface area contributed by atoms with Gasteiger partial charge in [0.2, 0.25) is 15.9 Å². The summed E-state index contributed by atoms with van der Waals surface area (Å²) in [6.07, 6.45) is -0.234. The van der Waals surface area contributed by atoms with Crippen molar-refractivity contribution < 1.29 is 32.3 Å². The minimum atomic E-state index is -3.94. The zero-order valence-corrected chi connectivity index (χ0v) is 21.0. The highest BCUT2D eigenvalue weighted by Crippen LogP contribution is 2.31. The number of primary sulfonamides is 1. The van der Waals surface area contributed by atoms with Crippen LogP contribution in [0.15, 0.2) is 77.7 Å². The lowest BCUT2D eigenvalue weighted by Gasteiger charge is -2.28. The highest BCUT2D eigenvalue weighted by atomic mass is 32.2. The third kappa shape index (κ3) is 5.32. The number of ether oxygens (including phenoxy) is 2. The summed E-state index contributed by atoms with van der Waals surface area (Å²) in [4.78, 5) is 42.4. The summed E-state index contributed by atoms with van der Waals surface area (Å²) in [5, 5.41) is 5.14. The number of nitrogens with zero attached hydrogens (tertiary/aromatic N) is 2. The SMILES string of the molecule is COc1ccc(C(=O)N(Cc2ccccc2)C2CC(=O)N(c3ccc(S(N)(=O)=O)cc3)C2=O)cc1OC. The molecule has 0 spiro atoms. The van der Waals surface area contributed by atoms with Crippen LogP contribution in [0.1, 0.15) is 22.3 Å². The van der Waals surface area contributed by atoms with Crippen LogP contribution in [0.4, 0.5) is 5.69 Å². The Bertz CT molecular complexity index is 1440. The number of carbonyl (C=O) groups is 3. The van der Waals surface area contributed by atoms with E-state index in [-0.39, 0.29) is 29.1 Å². The minimum Gasteiger partial charge on any atom is -0.493 e. The van der Waals surface area contributed by atoms with Crippen molar-refractivity contribution in [1.29, 1.82) is 0 Å². The van der Waals surface area contributed by atoms with Crippen LogP contribution in [0.5, 0.6) is 11.5 Å². The van der Waals surface area contributed by atoms with E-state index >= 15 is 0 Å². The number of benzene rings is 3. The molecule has 192 valence electrons.